The molecule has 2 aromatic carbocycles. The quantitative estimate of drug-likeness (QED) is 0.693. The van der Waals surface area contributed by atoms with Crippen molar-refractivity contribution in [2.24, 2.45) is 0 Å². The lowest BCUT2D eigenvalue weighted by Gasteiger charge is -2.26. The number of ether oxygens (including phenoxy) is 2. The predicted molar refractivity (Wildman–Crippen MR) is 115 cm³/mol. The zero-order valence-corrected chi connectivity index (χ0v) is 18.2. The summed E-state index contributed by atoms with van der Waals surface area (Å²) < 4.78 is 37.9. The van der Waals surface area contributed by atoms with Crippen LogP contribution in [0, 0.1) is 0 Å². The molecule has 3 rings (SSSR count). The first-order valence-electron chi connectivity index (χ1n) is 10.1. The Morgan fingerprint density at radius 1 is 1.13 bits per heavy atom. The number of rotatable bonds is 8. The van der Waals surface area contributed by atoms with Crippen LogP contribution in [0.25, 0.3) is 0 Å². The van der Waals surface area contributed by atoms with Gasteiger partial charge in [0.05, 0.1) is 25.2 Å². The molecule has 0 saturated carbocycles. The maximum atomic E-state index is 12.9. The number of nitrogens with zero attached hydrogens (tertiary/aromatic N) is 1. The molecule has 1 aliphatic heterocycles. The summed E-state index contributed by atoms with van der Waals surface area (Å²) in [6.07, 6.45) is 1.41. The highest BCUT2D eigenvalue weighted by molar-refractivity contribution is 7.89. The molecule has 1 amide bonds. The summed E-state index contributed by atoms with van der Waals surface area (Å²) in [5, 5.41) is 2.95. The lowest BCUT2D eigenvalue weighted by atomic mass is 10.1. The number of hydrogen-bond acceptors (Lipinski definition) is 5. The third-order valence-corrected chi connectivity index (χ3v) is 7.05. The molecule has 8 heteroatoms. The first-order chi connectivity index (χ1) is 14.5. The van der Waals surface area contributed by atoms with E-state index >= 15 is 0 Å². The van der Waals surface area contributed by atoms with Crippen molar-refractivity contribution in [3.05, 3.63) is 53.6 Å². The van der Waals surface area contributed by atoms with E-state index in [4.69, 9.17) is 9.47 Å². The number of nitrogens with one attached hydrogen (secondary N) is 1. The van der Waals surface area contributed by atoms with E-state index in [-0.39, 0.29) is 17.2 Å². The molecule has 1 saturated heterocycles. The van der Waals surface area contributed by atoms with Gasteiger partial charge in [-0.05, 0) is 48.2 Å². The molecule has 1 aliphatic rings. The number of methoxy groups -OCH3 is 1. The maximum absolute atomic E-state index is 12.9. The Balaban J connectivity index is 1.73. The summed E-state index contributed by atoms with van der Waals surface area (Å²) in [6.45, 7) is 3.49. The van der Waals surface area contributed by atoms with Gasteiger partial charge in [0.25, 0.3) is 0 Å². The topological polar surface area (TPSA) is 84.9 Å². The SMILES string of the molecule is CCc1ccccc1NC(=O)CCc1cc(S(=O)(=O)N2CCOCC2)ccc1OC. The number of morpholine rings is 1. The van der Waals surface area contributed by atoms with Gasteiger partial charge >= 0.3 is 0 Å². The Morgan fingerprint density at radius 3 is 2.57 bits per heavy atom. The molecule has 0 radical (unpaired) electrons. The molecule has 7 nitrogen and oxygen atoms in total. The number of amides is 1. The van der Waals surface area contributed by atoms with Gasteiger partial charge in [-0.1, -0.05) is 25.1 Å². The minimum Gasteiger partial charge on any atom is -0.496 e. The van der Waals surface area contributed by atoms with Crippen molar-refractivity contribution in [3.63, 3.8) is 0 Å². The van der Waals surface area contributed by atoms with Crippen LogP contribution >= 0.6 is 0 Å². The van der Waals surface area contributed by atoms with Crippen LogP contribution in [0.3, 0.4) is 0 Å². The number of hydrogen-bond donors (Lipinski definition) is 1. The normalized spacial score (nSPS) is 15.0. The molecule has 0 bridgehead atoms. The zero-order chi connectivity index (χ0) is 21.6. The molecule has 30 heavy (non-hydrogen) atoms. The van der Waals surface area contributed by atoms with Gasteiger partial charge < -0.3 is 14.8 Å². The van der Waals surface area contributed by atoms with E-state index in [2.05, 4.69) is 5.32 Å². The van der Waals surface area contributed by atoms with Crippen molar-refractivity contribution < 1.29 is 22.7 Å². The van der Waals surface area contributed by atoms with Gasteiger partial charge in [-0.15, -0.1) is 0 Å². The van der Waals surface area contributed by atoms with E-state index in [1.165, 1.54) is 11.4 Å². The van der Waals surface area contributed by atoms with Crippen molar-refractivity contribution in [2.45, 2.75) is 31.1 Å². The Kier molecular flexibility index (Phi) is 7.47. The number of carbonyl (C=O) groups is 1. The molecule has 162 valence electrons. The number of carbonyl (C=O) groups excluding carboxylic acids is 1. The van der Waals surface area contributed by atoms with Crippen molar-refractivity contribution in [2.75, 3.05) is 38.7 Å². The smallest absolute Gasteiger partial charge is 0.243 e. The molecule has 0 aliphatic carbocycles. The summed E-state index contributed by atoms with van der Waals surface area (Å²) in [5.74, 6) is 0.442. The lowest BCUT2D eigenvalue weighted by molar-refractivity contribution is -0.116. The Hall–Kier alpha value is -2.42. The van der Waals surface area contributed by atoms with Gasteiger partial charge in [0.2, 0.25) is 15.9 Å². The molecular weight excluding hydrogens is 404 g/mol. The van der Waals surface area contributed by atoms with Crippen LogP contribution in [0.4, 0.5) is 5.69 Å². The monoisotopic (exact) mass is 432 g/mol. The summed E-state index contributed by atoms with van der Waals surface area (Å²) in [6, 6.07) is 12.5. The van der Waals surface area contributed by atoms with E-state index in [0.29, 0.717) is 44.0 Å². The van der Waals surface area contributed by atoms with Crippen molar-refractivity contribution in [1.82, 2.24) is 4.31 Å². The average molecular weight is 433 g/mol. The third-order valence-electron chi connectivity index (χ3n) is 5.15. The number of anilines is 1. The summed E-state index contributed by atoms with van der Waals surface area (Å²) >= 11 is 0. The highest BCUT2D eigenvalue weighted by Gasteiger charge is 2.27. The van der Waals surface area contributed by atoms with Gasteiger partial charge in [-0.2, -0.15) is 4.31 Å². The van der Waals surface area contributed by atoms with E-state index in [0.717, 1.165) is 17.7 Å². The standard InChI is InChI=1S/C22H28N2O5S/c1-3-17-6-4-5-7-20(17)23-22(25)11-8-18-16-19(9-10-21(18)28-2)30(26,27)24-12-14-29-15-13-24/h4-7,9-10,16H,3,8,11-15H2,1-2H3,(H,23,25). The van der Waals surface area contributed by atoms with Crippen LogP contribution in [-0.4, -0.2) is 52.0 Å². The molecule has 1 N–H and O–H groups in total. The molecule has 0 unspecified atom stereocenters. The number of para-hydroxylation sites is 1. The summed E-state index contributed by atoms with van der Waals surface area (Å²) in [5.41, 5.74) is 2.56. The van der Waals surface area contributed by atoms with E-state index in [1.807, 2.05) is 31.2 Å². The van der Waals surface area contributed by atoms with Crippen LogP contribution in [0.2, 0.25) is 0 Å². The minimum absolute atomic E-state index is 0.126. The fourth-order valence-electron chi connectivity index (χ4n) is 3.46. The third kappa shape index (κ3) is 5.19. The van der Waals surface area contributed by atoms with Gasteiger partial charge in [-0.3, -0.25) is 4.79 Å². The highest BCUT2D eigenvalue weighted by atomic mass is 32.2. The van der Waals surface area contributed by atoms with E-state index in [9.17, 15) is 13.2 Å². The Bertz CT molecular complexity index is 985. The number of sulfonamides is 1. The van der Waals surface area contributed by atoms with Gasteiger partial charge in [0.1, 0.15) is 5.75 Å². The molecule has 0 aromatic heterocycles. The first-order valence-corrected chi connectivity index (χ1v) is 11.5. The van der Waals surface area contributed by atoms with Crippen LogP contribution in [0.15, 0.2) is 47.4 Å². The fourth-order valence-corrected chi connectivity index (χ4v) is 4.92. The Morgan fingerprint density at radius 2 is 1.87 bits per heavy atom. The molecule has 1 heterocycles. The fraction of sp³-hybridized carbons (Fsp3) is 0.409. The predicted octanol–water partition coefficient (Wildman–Crippen LogP) is 2.85. The van der Waals surface area contributed by atoms with Gasteiger partial charge in [0.15, 0.2) is 0 Å². The number of benzene rings is 2. The summed E-state index contributed by atoms with van der Waals surface area (Å²) in [7, 11) is -2.07. The highest BCUT2D eigenvalue weighted by Crippen LogP contribution is 2.26. The second-order valence-corrected chi connectivity index (χ2v) is 8.99. The van der Waals surface area contributed by atoms with E-state index in [1.54, 1.807) is 18.2 Å². The maximum Gasteiger partial charge on any atom is 0.243 e. The summed E-state index contributed by atoms with van der Waals surface area (Å²) in [4.78, 5) is 12.7. The number of aryl methyl sites for hydroxylation is 2. The lowest BCUT2D eigenvalue weighted by Crippen LogP contribution is -2.40. The van der Waals surface area contributed by atoms with Crippen LogP contribution in [0.1, 0.15) is 24.5 Å². The van der Waals surface area contributed by atoms with Crippen molar-refractivity contribution in [1.29, 1.82) is 0 Å². The van der Waals surface area contributed by atoms with Crippen LogP contribution < -0.4 is 10.1 Å². The molecule has 0 spiro atoms. The van der Waals surface area contributed by atoms with Crippen LogP contribution in [0.5, 0.6) is 5.75 Å². The van der Waals surface area contributed by atoms with Crippen molar-refractivity contribution in [3.8, 4) is 5.75 Å². The molecule has 2 aromatic rings. The minimum atomic E-state index is -3.61. The van der Waals surface area contributed by atoms with Crippen LogP contribution in [-0.2, 0) is 32.4 Å². The van der Waals surface area contributed by atoms with Gasteiger partial charge in [-0.25, -0.2) is 8.42 Å². The first kappa shape index (κ1) is 22.3. The average Bonchev–Trinajstić information content (AvgIpc) is 2.78. The molecule has 0 atom stereocenters. The van der Waals surface area contributed by atoms with Gasteiger partial charge in [0, 0.05) is 25.2 Å². The molecule has 1 fully saturated rings. The Labute approximate surface area is 178 Å². The van der Waals surface area contributed by atoms with Crippen molar-refractivity contribution >= 4 is 21.6 Å². The second-order valence-electron chi connectivity index (χ2n) is 7.05. The zero-order valence-electron chi connectivity index (χ0n) is 17.4. The van der Waals surface area contributed by atoms with E-state index < -0.39 is 10.0 Å². The largest absolute Gasteiger partial charge is 0.496 e. The molecular formula is C22H28N2O5S. The second kappa shape index (κ2) is 10.1.